The molecule has 0 aliphatic heterocycles. The highest BCUT2D eigenvalue weighted by atomic mass is 16.3. The molecule has 0 fully saturated rings. The van der Waals surface area contributed by atoms with Crippen molar-refractivity contribution < 1.29 is 4.42 Å². The van der Waals surface area contributed by atoms with Crippen LogP contribution in [-0.2, 0) is 10.8 Å². The van der Waals surface area contributed by atoms with E-state index in [0.29, 0.717) is 0 Å². The zero-order valence-corrected chi connectivity index (χ0v) is 38.6. The van der Waals surface area contributed by atoms with Gasteiger partial charge < -0.3 is 9.32 Å². The molecule has 0 unspecified atom stereocenters. The predicted octanol–water partition coefficient (Wildman–Crippen LogP) is 18.6. The van der Waals surface area contributed by atoms with E-state index in [4.69, 9.17) is 4.42 Å². The second-order valence-electron chi connectivity index (χ2n) is 19.8. The van der Waals surface area contributed by atoms with Crippen LogP contribution in [0.4, 0.5) is 17.1 Å². The van der Waals surface area contributed by atoms with Crippen molar-refractivity contribution in [3.8, 4) is 44.5 Å². The number of para-hydroxylation sites is 3. The Morgan fingerprint density at radius 1 is 0.333 bits per heavy atom. The highest BCUT2D eigenvalue weighted by Gasteiger charge is 2.25. The summed E-state index contributed by atoms with van der Waals surface area (Å²) < 4.78 is 6.49. The van der Waals surface area contributed by atoms with Gasteiger partial charge in [-0.2, -0.15) is 0 Å². The monoisotopic (exact) mass is 851 g/mol. The third-order valence-corrected chi connectivity index (χ3v) is 13.4. The molecule has 0 radical (unpaired) electrons. The molecule has 1 heterocycles. The Labute approximate surface area is 388 Å². The quantitative estimate of drug-likeness (QED) is 0.159. The molecule has 0 spiro atoms. The van der Waals surface area contributed by atoms with Crippen LogP contribution in [0.1, 0.15) is 52.7 Å². The van der Waals surface area contributed by atoms with Gasteiger partial charge in [0.1, 0.15) is 11.2 Å². The first-order valence-corrected chi connectivity index (χ1v) is 23.2. The van der Waals surface area contributed by atoms with E-state index in [1.54, 1.807) is 0 Å². The minimum atomic E-state index is -0.0145. The van der Waals surface area contributed by atoms with Gasteiger partial charge in [-0.1, -0.05) is 211 Å². The number of hydrogen-bond acceptors (Lipinski definition) is 2. The van der Waals surface area contributed by atoms with Gasteiger partial charge in [0.15, 0.2) is 0 Å². The second-order valence-corrected chi connectivity index (χ2v) is 19.8. The van der Waals surface area contributed by atoms with Crippen molar-refractivity contribution >= 4 is 60.5 Å². The van der Waals surface area contributed by atoms with Crippen molar-refractivity contribution in [2.45, 2.75) is 52.4 Å². The number of anilines is 3. The fraction of sp³-hybridized carbons (Fsp3) is 0.125. The summed E-state index contributed by atoms with van der Waals surface area (Å²) in [6, 6.07) is 77.9. The molecule has 0 amide bonds. The van der Waals surface area contributed by atoms with Gasteiger partial charge in [-0.05, 0) is 119 Å². The lowest BCUT2D eigenvalue weighted by Crippen LogP contribution is -2.16. The summed E-state index contributed by atoms with van der Waals surface area (Å²) in [5.41, 5.74) is 17.0. The van der Waals surface area contributed by atoms with Gasteiger partial charge in [0.25, 0.3) is 0 Å². The fourth-order valence-corrected chi connectivity index (χ4v) is 9.86. The maximum absolute atomic E-state index is 6.49. The van der Waals surface area contributed by atoms with Crippen molar-refractivity contribution in [2.24, 2.45) is 0 Å². The van der Waals surface area contributed by atoms with Crippen molar-refractivity contribution in [1.82, 2.24) is 0 Å². The van der Waals surface area contributed by atoms with Gasteiger partial charge >= 0.3 is 0 Å². The van der Waals surface area contributed by atoms with Crippen LogP contribution in [0.2, 0.25) is 0 Å². The zero-order valence-electron chi connectivity index (χ0n) is 38.6. The minimum absolute atomic E-state index is 0.0145. The zero-order chi connectivity index (χ0) is 45.2. The van der Waals surface area contributed by atoms with Gasteiger partial charge in [-0.3, -0.25) is 0 Å². The number of benzene rings is 10. The first-order chi connectivity index (χ1) is 32.0. The topological polar surface area (TPSA) is 16.4 Å². The highest BCUT2D eigenvalue weighted by molar-refractivity contribution is 6.10. The van der Waals surface area contributed by atoms with Crippen LogP contribution in [0.5, 0.6) is 0 Å². The molecule has 320 valence electrons. The number of nitrogens with zero attached hydrogens (tertiary/aromatic N) is 1. The maximum Gasteiger partial charge on any atom is 0.136 e. The van der Waals surface area contributed by atoms with E-state index < -0.39 is 0 Å². The molecule has 2 nitrogen and oxygen atoms in total. The van der Waals surface area contributed by atoms with Crippen molar-refractivity contribution in [1.29, 1.82) is 0 Å². The Hall–Kier alpha value is -7.68. The molecule has 11 aromatic rings. The van der Waals surface area contributed by atoms with E-state index in [0.717, 1.165) is 61.3 Å². The van der Waals surface area contributed by atoms with Crippen molar-refractivity contribution in [2.75, 3.05) is 4.90 Å². The summed E-state index contributed by atoms with van der Waals surface area (Å²) in [5, 5.41) is 7.16. The molecule has 2 heteroatoms. The van der Waals surface area contributed by atoms with Crippen LogP contribution in [0, 0.1) is 0 Å². The normalized spacial score (nSPS) is 12.1. The van der Waals surface area contributed by atoms with Gasteiger partial charge in [-0.15, -0.1) is 0 Å². The van der Waals surface area contributed by atoms with Crippen LogP contribution in [-0.4, -0.2) is 0 Å². The molecule has 10 aromatic carbocycles. The highest BCUT2D eigenvalue weighted by Crippen LogP contribution is 2.49. The summed E-state index contributed by atoms with van der Waals surface area (Å²) in [6.07, 6.45) is 0. The van der Waals surface area contributed by atoms with Gasteiger partial charge in [0, 0.05) is 27.6 Å². The Morgan fingerprint density at radius 3 is 1.61 bits per heavy atom. The number of fused-ring (bicyclic) bond motifs is 5. The maximum atomic E-state index is 6.49. The summed E-state index contributed by atoms with van der Waals surface area (Å²) >= 11 is 0. The summed E-state index contributed by atoms with van der Waals surface area (Å²) in [5.74, 6) is 0. The summed E-state index contributed by atoms with van der Waals surface area (Å²) in [7, 11) is 0. The molecule has 11 rings (SSSR count). The lowest BCUT2D eigenvalue weighted by molar-refractivity contribution is 0.569. The smallest absolute Gasteiger partial charge is 0.136 e. The summed E-state index contributed by atoms with van der Waals surface area (Å²) in [4.78, 5) is 2.47. The van der Waals surface area contributed by atoms with Gasteiger partial charge in [-0.25, -0.2) is 0 Å². The molecule has 0 N–H and O–H groups in total. The molecule has 66 heavy (non-hydrogen) atoms. The fourth-order valence-electron chi connectivity index (χ4n) is 9.86. The molecule has 0 aliphatic rings. The Balaban J connectivity index is 1.16. The first-order valence-electron chi connectivity index (χ1n) is 23.2. The Morgan fingerprint density at radius 2 is 0.864 bits per heavy atom. The first kappa shape index (κ1) is 41.1. The number of furan rings is 1. The molecule has 0 bridgehead atoms. The average molecular weight is 852 g/mol. The molecule has 0 saturated heterocycles. The van der Waals surface area contributed by atoms with Crippen LogP contribution >= 0.6 is 0 Å². The second kappa shape index (κ2) is 16.1. The number of rotatable bonds is 7. The lowest BCUT2D eigenvalue weighted by atomic mass is 9.78. The third-order valence-electron chi connectivity index (χ3n) is 13.4. The van der Waals surface area contributed by atoms with Crippen LogP contribution < -0.4 is 4.90 Å². The molecular formula is C64H53NO. The molecular weight excluding hydrogens is 799 g/mol. The lowest BCUT2D eigenvalue weighted by Gasteiger charge is -2.30. The molecule has 1 aromatic heterocycles. The van der Waals surface area contributed by atoms with E-state index >= 15 is 0 Å². The van der Waals surface area contributed by atoms with Crippen LogP contribution in [0.15, 0.2) is 217 Å². The van der Waals surface area contributed by atoms with Crippen LogP contribution in [0.3, 0.4) is 0 Å². The van der Waals surface area contributed by atoms with E-state index in [2.05, 4.69) is 247 Å². The average Bonchev–Trinajstić information content (AvgIpc) is 3.71. The van der Waals surface area contributed by atoms with E-state index in [-0.39, 0.29) is 10.8 Å². The SMILES string of the molecule is CC(C)(C)c1cc(-c2cccc3cccc(-c4ccccc4N(c4cccc(-c5cccc6ccccc56)c4)c4ccccc4-c4ccc5c(c4)oc4ccccc45)c23)cc(C(C)(C)C)c1. The van der Waals surface area contributed by atoms with Gasteiger partial charge in [0.05, 0.1) is 11.4 Å². The Bertz CT molecular complexity index is 3590. The van der Waals surface area contributed by atoms with Crippen molar-refractivity contribution in [3.63, 3.8) is 0 Å². The third kappa shape index (κ3) is 7.33. The largest absolute Gasteiger partial charge is 0.456 e. The van der Waals surface area contributed by atoms with E-state index in [9.17, 15) is 0 Å². The standard InChI is InChI=1S/C64H53NO/c1-63(2,3)47-37-46(38-48(41-47)64(4,5)6)53-30-17-21-43-22-18-31-57(62(43)53)54-27-10-13-33-59(54)65(49-24-15-23-44(39-49)51-29-16-20-42-19-7-8-25-50(42)51)58-32-12-9-26-52(58)45-35-36-56-55-28-11-14-34-60(55)66-61(56)40-45/h7-41H,1-6H3. The summed E-state index contributed by atoms with van der Waals surface area (Å²) in [6.45, 7) is 13.9. The Kier molecular flexibility index (Phi) is 10.0. The predicted molar refractivity (Wildman–Crippen MR) is 283 cm³/mol. The number of hydrogen-bond donors (Lipinski definition) is 0. The minimum Gasteiger partial charge on any atom is -0.456 e. The van der Waals surface area contributed by atoms with Crippen LogP contribution in [0.25, 0.3) is 88.0 Å². The van der Waals surface area contributed by atoms with E-state index in [1.807, 2.05) is 12.1 Å². The van der Waals surface area contributed by atoms with Gasteiger partial charge in [0.2, 0.25) is 0 Å². The molecule has 0 saturated carbocycles. The molecule has 0 atom stereocenters. The van der Waals surface area contributed by atoms with E-state index in [1.165, 1.54) is 54.9 Å². The van der Waals surface area contributed by atoms with Crippen molar-refractivity contribution in [3.05, 3.63) is 223 Å². The molecule has 0 aliphatic carbocycles.